The second-order valence-electron chi connectivity index (χ2n) is 15.7. The summed E-state index contributed by atoms with van der Waals surface area (Å²) >= 11 is 0. The van der Waals surface area contributed by atoms with E-state index in [4.69, 9.17) is 4.98 Å². The number of carbonyl (C=O) groups excluding carboxylic acids is 3. The van der Waals surface area contributed by atoms with Gasteiger partial charge < -0.3 is 20.5 Å². The molecule has 0 saturated carbocycles. The van der Waals surface area contributed by atoms with E-state index in [1.165, 1.54) is 0 Å². The van der Waals surface area contributed by atoms with E-state index in [-0.39, 0.29) is 35.9 Å². The molecular weight excluding hydrogens is 719 g/mol. The number of aromatic nitrogens is 4. The number of anilines is 2. The first-order chi connectivity index (χ1) is 27.5. The van der Waals surface area contributed by atoms with Crippen molar-refractivity contribution >= 4 is 40.1 Å². The highest BCUT2D eigenvalue weighted by molar-refractivity contribution is 6.08. The molecule has 5 heterocycles. The van der Waals surface area contributed by atoms with Crippen LogP contribution >= 0.6 is 0 Å². The minimum absolute atomic E-state index is 0.0862. The van der Waals surface area contributed by atoms with Gasteiger partial charge in [0.2, 0.25) is 11.8 Å². The molecular formula is C44H53N9O4. The summed E-state index contributed by atoms with van der Waals surface area (Å²) in [6.07, 6.45) is 8.05. The number of piperidine rings is 2. The highest BCUT2D eigenvalue weighted by Gasteiger charge is 2.28. The Bertz CT molecular complexity index is 2320. The summed E-state index contributed by atoms with van der Waals surface area (Å²) in [5, 5.41) is 14.2. The van der Waals surface area contributed by atoms with Crippen LogP contribution in [0.4, 0.5) is 11.5 Å². The lowest BCUT2D eigenvalue weighted by Crippen LogP contribution is -2.47. The van der Waals surface area contributed by atoms with Gasteiger partial charge in [-0.15, -0.1) is 0 Å². The average Bonchev–Trinajstić information content (AvgIpc) is 3.64. The molecule has 298 valence electrons. The maximum atomic E-state index is 13.9. The lowest BCUT2D eigenvalue weighted by molar-refractivity contribution is -0.133. The van der Waals surface area contributed by atoms with Crippen LogP contribution in [0.2, 0.25) is 0 Å². The van der Waals surface area contributed by atoms with E-state index in [0.717, 1.165) is 95.7 Å². The molecule has 0 spiro atoms. The number of nitrogens with one attached hydrogen (secondary N) is 4. The lowest BCUT2D eigenvalue weighted by atomic mass is 10.00. The fraction of sp³-hybridized carbons (Fsp3) is 0.409. The molecule has 0 bridgehead atoms. The van der Waals surface area contributed by atoms with Crippen LogP contribution in [0.3, 0.4) is 0 Å². The standard InChI is InChI=1S/C44H53N9O4/c1-6-9-29-20-28(4)48-43(56)35(29)24-46-42(55)34-21-32(22-39-36(34)25-47-53(39)27(2)3)30-12-14-40(45-23-30)52-18-16-33(17-19-52)51(5)26-31-10-7-8-11-37(31)49-38-13-15-41(54)50-44(38)57/h7-8,10-12,14,20-23,25,27,33,38,49H,6,9,13,15-19,24,26H2,1-5H3,(H,46,55)(H,48,56)(H,50,54,57). The van der Waals surface area contributed by atoms with E-state index >= 15 is 0 Å². The Morgan fingerprint density at radius 3 is 2.49 bits per heavy atom. The highest BCUT2D eigenvalue weighted by Crippen LogP contribution is 2.31. The number of imide groups is 1. The van der Waals surface area contributed by atoms with E-state index in [1.54, 1.807) is 6.20 Å². The quantitative estimate of drug-likeness (QED) is 0.107. The summed E-state index contributed by atoms with van der Waals surface area (Å²) in [7, 11) is 2.15. The van der Waals surface area contributed by atoms with Crippen molar-refractivity contribution in [3.63, 3.8) is 0 Å². The number of rotatable bonds is 13. The monoisotopic (exact) mass is 771 g/mol. The number of H-pyrrole nitrogens is 1. The van der Waals surface area contributed by atoms with Crippen LogP contribution in [0, 0.1) is 6.92 Å². The van der Waals surface area contributed by atoms with Gasteiger partial charge in [-0.05, 0) is 107 Å². The number of nitrogens with zero attached hydrogens (tertiary/aromatic N) is 5. The van der Waals surface area contributed by atoms with E-state index in [9.17, 15) is 19.2 Å². The third-order valence-electron chi connectivity index (χ3n) is 11.3. The number of hydrogen-bond acceptors (Lipinski definition) is 9. The smallest absolute Gasteiger partial charge is 0.253 e. The molecule has 3 amide bonds. The predicted octanol–water partition coefficient (Wildman–Crippen LogP) is 5.88. The molecule has 2 aromatic carbocycles. The molecule has 3 aromatic heterocycles. The van der Waals surface area contributed by atoms with Crippen molar-refractivity contribution in [2.45, 2.75) is 97.4 Å². The van der Waals surface area contributed by atoms with Crippen molar-refractivity contribution in [2.75, 3.05) is 30.4 Å². The molecule has 2 fully saturated rings. The third kappa shape index (κ3) is 8.78. The van der Waals surface area contributed by atoms with Gasteiger partial charge in [-0.3, -0.25) is 34.1 Å². The summed E-state index contributed by atoms with van der Waals surface area (Å²) in [5.41, 5.74) is 7.32. The molecule has 5 aromatic rings. The molecule has 13 nitrogen and oxygen atoms in total. The molecule has 0 aliphatic carbocycles. The Hall–Kier alpha value is -5.82. The van der Waals surface area contributed by atoms with Gasteiger partial charge in [0.15, 0.2) is 0 Å². The van der Waals surface area contributed by atoms with Gasteiger partial charge in [-0.1, -0.05) is 31.5 Å². The molecule has 1 unspecified atom stereocenters. The van der Waals surface area contributed by atoms with Gasteiger partial charge in [0, 0.05) is 78.8 Å². The van der Waals surface area contributed by atoms with Crippen LogP contribution in [-0.2, 0) is 29.1 Å². The van der Waals surface area contributed by atoms with Gasteiger partial charge in [0.05, 0.1) is 17.3 Å². The molecule has 0 radical (unpaired) electrons. The normalized spacial score (nSPS) is 16.4. The Morgan fingerprint density at radius 1 is 0.982 bits per heavy atom. The number of fused-ring (bicyclic) bond motifs is 1. The van der Waals surface area contributed by atoms with E-state index in [1.807, 2.05) is 48.1 Å². The first kappa shape index (κ1) is 39.4. The number of pyridine rings is 2. The fourth-order valence-electron chi connectivity index (χ4n) is 8.14. The number of carbonyl (C=O) groups is 3. The number of amides is 3. The van der Waals surface area contributed by atoms with Crippen LogP contribution < -0.4 is 26.4 Å². The fourth-order valence-corrected chi connectivity index (χ4v) is 8.14. The van der Waals surface area contributed by atoms with Gasteiger partial charge in [0.1, 0.15) is 11.9 Å². The summed E-state index contributed by atoms with van der Waals surface area (Å²) in [6.45, 7) is 10.7. The van der Waals surface area contributed by atoms with Crippen LogP contribution in [0.5, 0.6) is 0 Å². The SMILES string of the molecule is CCCc1cc(C)[nH]c(=O)c1CNC(=O)c1cc(-c2ccc(N3CCC(N(C)Cc4ccccc4NC4CCC(=O)NC4=O)CC3)nc2)cc2c1cnn2C(C)C. The lowest BCUT2D eigenvalue weighted by Gasteiger charge is -2.37. The molecule has 2 aliphatic rings. The third-order valence-corrected chi connectivity index (χ3v) is 11.3. The molecule has 4 N–H and O–H groups in total. The van der Waals surface area contributed by atoms with Crippen molar-refractivity contribution in [1.82, 2.24) is 35.3 Å². The van der Waals surface area contributed by atoms with Crippen molar-refractivity contribution in [1.29, 1.82) is 0 Å². The summed E-state index contributed by atoms with van der Waals surface area (Å²) in [6, 6.07) is 18.2. The second-order valence-corrected chi connectivity index (χ2v) is 15.7. The summed E-state index contributed by atoms with van der Waals surface area (Å²) < 4.78 is 1.93. The number of aryl methyl sites for hydroxylation is 2. The van der Waals surface area contributed by atoms with Crippen LogP contribution in [0.1, 0.15) is 91.7 Å². The molecule has 13 heteroatoms. The van der Waals surface area contributed by atoms with Crippen LogP contribution in [0.25, 0.3) is 22.0 Å². The minimum Gasteiger partial charge on any atom is -0.373 e. The highest BCUT2D eigenvalue weighted by atomic mass is 16.2. The molecule has 57 heavy (non-hydrogen) atoms. The number of hydrogen-bond donors (Lipinski definition) is 4. The Morgan fingerprint density at radius 2 is 1.77 bits per heavy atom. The van der Waals surface area contributed by atoms with Crippen molar-refractivity contribution in [2.24, 2.45) is 0 Å². The Labute approximate surface area is 333 Å². The first-order valence-electron chi connectivity index (χ1n) is 20.1. The first-order valence-corrected chi connectivity index (χ1v) is 20.1. The molecule has 1 atom stereocenters. The van der Waals surface area contributed by atoms with Gasteiger partial charge >= 0.3 is 0 Å². The summed E-state index contributed by atoms with van der Waals surface area (Å²) in [4.78, 5) is 63.3. The Kier molecular flexibility index (Phi) is 11.8. The number of para-hydroxylation sites is 1. The van der Waals surface area contributed by atoms with Crippen molar-refractivity contribution in [3.05, 3.63) is 105 Å². The van der Waals surface area contributed by atoms with Gasteiger partial charge in [0.25, 0.3) is 11.5 Å². The minimum atomic E-state index is -0.425. The number of aromatic amines is 1. The van der Waals surface area contributed by atoms with Gasteiger partial charge in [-0.2, -0.15) is 5.10 Å². The zero-order valence-electron chi connectivity index (χ0n) is 33.5. The van der Waals surface area contributed by atoms with E-state index in [0.29, 0.717) is 30.0 Å². The van der Waals surface area contributed by atoms with Crippen molar-refractivity contribution < 1.29 is 14.4 Å². The molecule has 2 aliphatic heterocycles. The van der Waals surface area contributed by atoms with Gasteiger partial charge in [-0.25, -0.2) is 4.98 Å². The van der Waals surface area contributed by atoms with E-state index < -0.39 is 6.04 Å². The largest absolute Gasteiger partial charge is 0.373 e. The zero-order valence-corrected chi connectivity index (χ0v) is 33.5. The average molecular weight is 772 g/mol. The Balaban J connectivity index is 1.02. The topological polar surface area (TPSA) is 157 Å². The van der Waals surface area contributed by atoms with Crippen molar-refractivity contribution in [3.8, 4) is 11.1 Å². The maximum Gasteiger partial charge on any atom is 0.253 e. The van der Waals surface area contributed by atoms with Crippen LogP contribution in [0.15, 0.2) is 71.8 Å². The molecule has 2 saturated heterocycles. The maximum absolute atomic E-state index is 13.9. The second kappa shape index (κ2) is 17.1. The predicted molar refractivity (Wildman–Crippen MR) is 223 cm³/mol. The zero-order chi connectivity index (χ0) is 40.2. The van der Waals surface area contributed by atoms with E-state index in [2.05, 4.69) is 87.9 Å². The van der Waals surface area contributed by atoms with Crippen LogP contribution in [-0.4, -0.2) is 74.6 Å². The molecule has 7 rings (SSSR count). The summed E-state index contributed by atoms with van der Waals surface area (Å²) in [5.74, 6) is 0.156. The number of benzene rings is 2.